The van der Waals surface area contributed by atoms with Crippen molar-refractivity contribution in [3.63, 3.8) is 0 Å². The maximum absolute atomic E-state index is 12.5. The molecule has 2 unspecified atom stereocenters. The highest BCUT2D eigenvalue weighted by Crippen LogP contribution is 2.66. The largest absolute Gasteiger partial charge is 0.482 e. The first-order valence-electron chi connectivity index (χ1n) is 15.2. The van der Waals surface area contributed by atoms with E-state index < -0.39 is 23.4 Å². The topological polar surface area (TPSA) is 102 Å². The highest BCUT2D eigenvalue weighted by atomic mass is 31.3. The molecule has 0 spiro atoms. The Labute approximate surface area is 277 Å². The summed E-state index contributed by atoms with van der Waals surface area (Å²) in [6.07, 6.45) is 0. The van der Waals surface area contributed by atoms with E-state index in [1.165, 1.54) is 0 Å². The predicted octanol–water partition coefficient (Wildman–Crippen LogP) is 8.90. The lowest BCUT2D eigenvalue weighted by Crippen LogP contribution is -2.39. The van der Waals surface area contributed by atoms with E-state index in [2.05, 4.69) is 15.0 Å². The van der Waals surface area contributed by atoms with E-state index in [4.69, 9.17) is 22.6 Å². The van der Waals surface area contributed by atoms with E-state index in [0.29, 0.717) is 34.2 Å². The number of rotatable bonds is 10. The summed E-state index contributed by atoms with van der Waals surface area (Å²) in [7, 11) is -10.5. The Kier molecular flexibility index (Phi) is 10.5. The van der Waals surface area contributed by atoms with Gasteiger partial charge < -0.3 is 9.05 Å². The van der Waals surface area contributed by atoms with Crippen LogP contribution in [0.3, 0.4) is 0 Å². The van der Waals surface area contributed by atoms with Crippen LogP contribution in [0.4, 0.5) is 0 Å². The van der Waals surface area contributed by atoms with Crippen LogP contribution in [0.25, 0.3) is 0 Å². The summed E-state index contributed by atoms with van der Waals surface area (Å²) in [6, 6.07) is 46.9. The molecule has 0 bridgehead atoms. The van der Waals surface area contributed by atoms with Crippen LogP contribution < -0.4 is 37.7 Å². The standard InChI is InChI=1S/C35H38N3O6P3/c1-29-28-36-47(39,44-35-26-16-7-17-27-35)38-46(42-33-22-12-5-13-23-33,43-34-24-14-6-15-25-34)30(2)37-45(29,40-31-18-8-3-9-19-31)41-32-20-10-4-11-21-32/h3-27,29,36-39H,28H2,1-2H3/q+2. The molecule has 0 saturated carbocycles. The van der Waals surface area contributed by atoms with Crippen LogP contribution in [0.2, 0.25) is 0 Å². The Morgan fingerprint density at radius 2 is 0.936 bits per heavy atom. The summed E-state index contributed by atoms with van der Waals surface area (Å²) in [5, 5.41) is 7.01. The fourth-order valence-corrected chi connectivity index (χ4v) is 13.1. The van der Waals surface area contributed by atoms with Gasteiger partial charge in [-0.2, -0.15) is 4.89 Å². The van der Waals surface area contributed by atoms with Gasteiger partial charge in [-0.25, -0.2) is 0 Å². The number of nitrogens with one attached hydrogen (secondary N) is 3. The monoisotopic (exact) mass is 689 g/mol. The second-order valence-corrected chi connectivity index (χ2v) is 18.0. The summed E-state index contributed by atoms with van der Waals surface area (Å²) in [5.41, 5.74) is 0.204. The molecule has 12 heteroatoms. The van der Waals surface area contributed by atoms with Crippen LogP contribution in [0.1, 0.15) is 13.8 Å². The zero-order chi connectivity index (χ0) is 32.6. The van der Waals surface area contributed by atoms with Crippen LogP contribution >= 0.6 is 23.4 Å². The van der Waals surface area contributed by atoms with Crippen LogP contribution in [-0.2, 0) is 0 Å². The van der Waals surface area contributed by atoms with E-state index in [9.17, 15) is 4.89 Å². The van der Waals surface area contributed by atoms with Crippen LogP contribution in [0, 0.1) is 0 Å². The Hall–Kier alpha value is -3.90. The van der Waals surface area contributed by atoms with Crippen LogP contribution in [0.5, 0.6) is 28.7 Å². The average Bonchev–Trinajstić information content (AvgIpc) is 3.11. The van der Waals surface area contributed by atoms with Gasteiger partial charge in [0.2, 0.25) is 0 Å². The molecule has 47 heavy (non-hydrogen) atoms. The van der Waals surface area contributed by atoms with Crippen molar-refractivity contribution in [1.82, 2.24) is 15.0 Å². The molecular formula is C35H38N3O6P3+2. The SMILES string of the molecule is CC1=P(Oc2ccccc2)(Oc2ccccc2)N[P+](O)(Oc2ccccc2)NCC(C)[P+](Oc2ccccc2)(Oc2ccccc2)N1. The van der Waals surface area contributed by atoms with Gasteiger partial charge in [-0.3, -0.25) is 13.6 Å². The highest BCUT2D eigenvalue weighted by Gasteiger charge is 2.60. The predicted molar refractivity (Wildman–Crippen MR) is 193 cm³/mol. The van der Waals surface area contributed by atoms with Gasteiger partial charge in [-0.1, -0.05) is 96.1 Å². The summed E-state index contributed by atoms with van der Waals surface area (Å²) < 4.78 is 33.8. The molecule has 1 aliphatic heterocycles. The lowest BCUT2D eigenvalue weighted by molar-refractivity contribution is 0.414. The molecule has 0 aliphatic carbocycles. The first kappa shape index (κ1) is 33.0. The van der Waals surface area contributed by atoms with E-state index in [1.54, 1.807) is 12.1 Å². The molecule has 0 aromatic heterocycles. The molecule has 0 amide bonds. The van der Waals surface area contributed by atoms with Gasteiger partial charge in [0.25, 0.3) is 0 Å². The number of benzene rings is 5. The lowest BCUT2D eigenvalue weighted by atomic mass is 10.3. The molecule has 0 fully saturated rings. The third kappa shape index (κ3) is 8.34. The fourth-order valence-electron chi connectivity index (χ4n) is 4.73. The first-order chi connectivity index (χ1) is 22.9. The van der Waals surface area contributed by atoms with E-state index in [0.717, 1.165) is 0 Å². The molecule has 1 aliphatic rings. The quantitative estimate of drug-likeness (QED) is 0.107. The Morgan fingerprint density at radius 1 is 0.574 bits per heavy atom. The van der Waals surface area contributed by atoms with Gasteiger partial charge in [0.15, 0.2) is 22.9 Å². The van der Waals surface area contributed by atoms with Crippen LogP contribution in [-0.4, -0.2) is 22.5 Å². The highest BCUT2D eigenvalue weighted by molar-refractivity contribution is 7.80. The maximum Gasteiger partial charge on any atom is 0.482 e. The van der Waals surface area contributed by atoms with Crippen molar-refractivity contribution in [2.24, 2.45) is 0 Å². The number of hydrogen-bond acceptors (Lipinski definition) is 9. The third-order valence-corrected chi connectivity index (χ3v) is 15.4. The number of hydrogen-bond donors (Lipinski definition) is 4. The van der Waals surface area contributed by atoms with E-state index >= 15 is 0 Å². The normalized spacial score (nSPS) is 20.5. The smallest absolute Gasteiger partial charge is 0.429 e. The van der Waals surface area contributed by atoms with Gasteiger partial charge in [-0.05, 0) is 79.4 Å². The molecule has 5 aromatic rings. The zero-order valence-corrected chi connectivity index (χ0v) is 28.7. The minimum Gasteiger partial charge on any atom is -0.429 e. The van der Waals surface area contributed by atoms with Gasteiger partial charge >= 0.3 is 23.4 Å². The minimum atomic E-state index is -3.73. The van der Waals surface area contributed by atoms with Crippen molar-refractivity contribution < 1.29 is 27.5 Å². The average molecular weight is 690 g/mol. The van der Waals surface area contributed by atoms with Crippen molar-refractivity contribution >= 4 is 28.8 Å². The van der Waals surface area contributed by atoms with Crippen molar-refractivity contribution in [3.05, 3.63) is 152 Å². The molecule has 5 aromatic carbocycles. The Balaban J connectivity index is 1.56. The van der Waals surface area contributed by atoms with Gasteiger partial charge in [0, 0.05) is 0 Å². The second kappa shape index (κ2) is 14.9. The molecule has 9 nitrogen and oxygen atoms in total. The molecule has 0 radical (unpaired) electrons. The molecule has 242 valence electrons. The molecule has 0 saturated heterocycles. The van der Waals surface area contributed by atoms with Crippen LogP contribution in [0.15, 0.2) is 152 Å². The number of para-hydroxylation sites is 5. The van der Waals surface area contributed by atoms with Crippen molar-refractivity contribution in [2.75, 3.05) is 6.54 Å². The summed E-state index contributed by atoms with van der Waals surface area (Å²) in [5.74, 6) is 2.78. The fraction of sp³-hybridized carbons (Fsp3) is 0.114. The molecular weight excluding hydrogens is 651 g/mol. The molecule has 1 heterocycles. The van der Waals surface area contributed by atoms with Gasteiger partial charge in [0.05, 0.1) is 6.54 Å². The molecule has 2 atom stereocenters. The van der Waals surface area contributed by atoms with Crippen molar-refractivity contribution in [2.45, 2.75) is 19.5 Å². The maximum atomic E-state index is 12.5. The molecule has 4 N–H and O–H groups in total. The zero-order valence-electron chi connectivity index (χ0n) is 26.0. The van der Waals surface area contributed by atoms with Crippen molar-refractivity contribution in [1.29, 1.82) is 0 Å². The van der Waals surface area contributed by atoms with Gasteiger partial charge in [-0.15, -0.1) is 5.09 Å². The molecule has 6 rings (SSSR count). The second-order valence-electron chi connectivity index (χ2n) is 10.8. The summed E-state index contributed by atoms with van der Waals surface area (Å²) in [4.78, 5) is 15.8. The van der Waals surface area contributed by atoms with E-state index in [1.807, 2.05) is 153 Å². The third-order valence-electron chi connectivity index (χ3n) is 7.11. The van der Waals surface area contributed by atoms with E-state index in [-0.39, 0.29) is 12.2 Å². The summed E-state index contributed by atoms with van der Waals surface area (Å²) >= 11 is 0. The van der Waals surface area contributed by atoms with Gasteiger partial charge in [0.1, 0.15) is 16.9 Å². The van der Waals surface area contributed by atoms with Crippen molar-refractivity contribution in [3.8, 4) is 28.7 Å². The Morgan fingerprint density at radius 3 is 1.34 bits per heavy atom. The lowest BCUT2D eigenvalue weighted by Gasteiger charge is -2.31. The first-order valence-corrected chi connectivity index (χ1v) is 20.1. The Bertz CT molecular complexity index is 1690. The minimum absolute atomic E-state index is 0.245. The summed E-state index contributed by atoms with van der Waals surface area (Å²) in [6.45, 7) is 4.13.